The average Bonchev–Trinajstić information content (AvgIpc) is 2.42. The number of hydrogen-bond donors (Lipinski definition) is 1. The van der Waals surface area contributed by atoms with Crippen molar-refractivity contribution in [3.05, 3.63) is 34.1 Å². The summed E-state index contributed by atoms with van der Waals surface area (Å²) in [5.41, 5.74) is 0.386. The molecule has 1 heterocycles. The van der Waals surface area contributed by atoms with Crippen molar-refractivity contribution in [1.29, 1.82) is 0 Å². The topological polar surface area (TPSA) is 32.3 Å². The van der Waals surface area contributed by atoms with Crippen LogP contribution in [0.2, 0.25) is 0 Å². The highest BCUT2D eigenvalue weighted by molar-refractivity contribution is 9.10. The summed E-state index contributed by atoms with van der Waals surface area (Å²) in [7, 11) is 1.78. The van der Waals surface area contributed by atoms with Crippen molar-refractivity contribution in [3.63, 3.8) is 0 Å². The van der Waals surface area contributed by atoms with E-state index in [0.29, 0.717) is 16.0 Å². The molecule has 0 unspecified atom stereocenters. The Balaban J connectivity index is 2.03. The molecule has 1 aliphatic heterocycles. The summed E-state index contributed by atoms with van der Waals surface area (Å²) in [4.78, 5) is 14.0. The van der Waals surface area contributed by atoms with Gasteiger partial charge in [-0.05, 0) is 66.0 Å². The lowest BCUT2D eigenvalue weighted by Gasteiger charge is -2.27. The zero-order valence-corrected chi connectivity index (χ0v) is 12.5. The predicted molar refractivity (Wildman–Crippen MR) is 76.7 cm³/mol. The quantitative estimate of drug-likeness (QED) is 0.925. The lowest BCUT2D eigenvalue weighted by molar-refractivity contribution is 0.0761. The van der Waals surface area contributed by atoms with E-state index >= 15 is 0 Å². The largest absolute Gasteiger partial charge is 0.341 e. The fraction of sp³-hybridized carbons (Fsp3) is 0.500. The van der Waals surface area contributed by atoms with Gasteiger partial charge in [-0.15, -0.1) is 0 Å². The highest BCUT2D eigenvalue weighted by Gasteiger charge is 2.20. The lowest BCUT2D eigenvalue weighted by atomic mass is 9.97. The Morgan fingerprint density at radius 1 is 1.47 bits per heavy atom. The SMILES string of the molecule is CN(CC1CCNCC1)C(=O)c1cc(F)ccc1Br. The van der Waals surface area contributed by atoms with E-state index in [2.05, 4.69) is 21.2 Å². The molecule has 1 saturated heterocycles. The minimum atomic E-state index is -0.387. The Morgan fingerprint density at radius 3 is 2.84 bits per heavy atom. The van der Waals surface area contributed by atoms with Gasteiger partial charge in [-0.1, -0.05) is 0 Å². The molecule has 104 valence electrons. The fourth-order valence-electron chi connectivity index (χ4n) is 2.40. The second-order valence-corrected chi connectivity index (χ2v) is 5.86. The van der Waals surface area contributed by atoms with Gasteiger partial charge in [0.1, 0.15) is 5.82 Å². The van der Waals surface area contributed by atoms with Crippen LogP contribution >= 0.6 is 15.9 Å². The van der Waals surface area contributed by atoms with Gasteiger partial charge in [0.25, 0.3) is 5.91 Å². The van der Waals surface area contributed by atoms with Crippen molar-refractivity contribution in [2.24, 2.45) is 5.92 Å². The van der Waals surface area contributed by atoms with E-state index in [-0.39, 0.29) is 11.7 Å². The Bertz CT molecular complexity index is 461. The van der Waals surface area contributed by atoms with Crippen LogP contribution in [-0.2, 0) is 0 Å². The molecule has 0 aromatic heterocycles. The number of carbonyl (C=O) groups excluding carboxylic acids is 1. The van der Waals surface area contributed by atoms with Crippen LogP contribution in [0.25, 0.3) is 0 Å². The molecule has 0 atom stereocenters. The first-order valence-corrected chi connectivity index (χ1v) is 7.28. The Labute approximate surface area is 121 Å². The van der Waals surface area contributed by atoms with Crippen molar-refractivity contribution in [3.8, 4) is 0 Å². The van der Waals surface area contributed by atoms with Crippen molar-refractivity contribution in [2.75, 3.05) is 26.7 Å². The van der Waals surface area contributed by atoms with Gasteiger partial charge >= 0.3 is 0 Å². The molecule has 1 amide bonds. The van der Waals surface area contributed by atoms with E-state index in [4.69, 9.17) is 0 Å². The van der Waals surface area contributed by atoms with Crippen LogP contribution < -0.4 is 5.32 Å². The average molecular weight is 329 g/mol. The molecule has 0 aliphatic carbocycles. The second kappa shape index (κ2) is 6.48. The molecule has 0 saturated carbocycles. The number of benzene rings is 1. The summed E-state index contributed by atoms with van der Waals surface area (Å²) >= 11 is 3.30. The molecule has 5 heteroatoms. The first-order valence-electron chi connectivity index (χ1n) is 6.49. The molecule has 3 nitrogen and oxygen atoms in total. The van der Waals surface area contributed by atoms with Gasteiger partial charge in [-0.3, -0.25) is 4.79 Å². The van der Waals surface area contributed by atoms with E-state index < -0.39 is 0 Å². The zero-order valence-electron chi connectivity index (χ0n) is 11.0. The number of rotatable bonds is 3. The van der Waals surface area contributed by atoms with E-state index in [1.165, 1.54) is 12.1 Å². The van der Waals surface area contributed by atoms with E-state index in [9.17, 15) is 9.18 Å². The monoisotopic (exact) mass is 328 g/mol. The number of amides is 1. The molecule has 0 spiro atoms. The first-order chi connectivity index (χ1) is 9.08. The molecule has 2 rings (SSSR count). The number of hydrogen-bond acceptors (Lipinski definition) is 2. The second-order valence-electron chi connectivity index (χ2n) is 5.00. The van der Waals surface area contributed by atoms with Crippen molar-refractivity contribution in [1.82, 2.24) is 10.2 Å². The number of halogens is 2. The van der Waals surface area contributed by atoms with Gasteiger partial charge in [-0.2, -0.15) is 0 Å². The molecule has 1 aromatic carbocycles. The molecule has 0 bridgehead atoms. The summed E-state index contributed by atoms with van der Waals surface area (Å²) < 4.78 is 13.9. The number of nitrogens with zero attached hydrogens (tertiary/aromatic N) is 1. The van der Waals surface area contributed by atoms with E-state index in [1.807, 2.05) is 0 Å². The Morgan fingerprint density at radius 2 is 2.16 bits per heavy atom. The fourth-order valence-corrected chi connectivity index (χ4v) is 2.82. The Kier molecular flexibility index (Phi) is 4.93. The van der Waals surface area contributed by atoms with Gasteiger partial charge in [0.15, 0.2) is 0 Å². The minimum absolute atomic E-state index is 0.134. The Hall–Kier alpha value is -0.940. The normalized spacial score (nSPS) is 16.4. The third-order valence-corrected chi connectivity index (χ3v) is 4.19. The van der Waals surface area contributed by atoms with Gasteiger partial charge < -0.3 is 10.2 Å². The summed E-state index contributed by atoms with van der Waals surface area (Å²) in [6.45, 7) is 2.75. The summed E-state index contributed by atoms with van der Waals surface area (Å²) in [5, 5.41) is 3.30. The van der Waals surface area contributed by atoms with Gasteiger partial charge in [-0.25, -0.2) is 4.39 Å². The molecule has 1 N–H and O–H groups in total. The maximum Gasteiger partial charge on any atom is 0.254 e. The highest BCUT2D eigenvalue weighted by Crippen LogP contribution is 2.20. The van der Waals surface area contributed by atoms with Crippen LogP contribution in [-0.4, -0.2) is 37.5 Å². The highest BCUT2D eigenvalue weighted by atomic mass is 79.9. The number of nitrogens with one attached hydrogen (secondary N) is 1. The van der Waals surface area contributed by atoms with E-state index in [1.54, 1.807) is 18.0 Å². The molecule has 1 aliphatic rings. The summed E-state index contributed by atoms with van der Waals surface area (Å²) in [5.74, 6) is 0.00857. The van der Waals surface area contributed by atoms with Crippen LogP contribution in [0.5, 0.6) is 0 Å². The molecule has 1 fully saturated rings. The third kappa shape index (κ3) is 3.76. The number of piperidine rings is 1. The van der Waals surface area contributed by atoms with Crippen LogP contribution in [0.4, 0.5) is 4.39 Å². The predicted octanol–water partition coefficient (Wildman–Crippen LogP) is 2.66. The molecule has 0 radical (unpaired) electrons. The van der Waals surface area contributed by atoms with Crippen molar-refractivity contribution in [2.45, 2.75) is 12.8 Å². The van der Waals surface area contributed by atoms with Crippen molar-refractivity contribution < 1.29 is 9.18 Å². The zero-order chi connectivity index (χ0) is 13.8. The summed E-state index contributed by atoms with van der Waals surface area (Å²) in [6.07, 6.45) is 2.17. The maximum atomic E-state index is 13.2. The smallest absolute Gasteiger partial charge is 0.254 e. The third-order valence-electron chi connectivity index (χ3n) is 3.50. The van der Waals surface area contributed by atoms with Gasteiger partial charge in [0, 0.05) is 18.1 Å². The minimum Gasteiger partial charge on any atom is -0.341 e. The van der Waals surface area contributed by atoms with Crippen LogP contribution in [0.1, 0.15) is 23.2 Å². The van der Waals surface area contributed by atoms with Gasteiger partial charge in [0.2, 0.25) is 0 Å². The van der Waals surface area contributed by atoms with Gasteiger partial charge in [0.05, 0.1) is 5.56 Å². The van der Waals surface area contributed by atoms with E-state index in [0.717, 1.165) is 32.5 Å². The standard InChI is InChI=1S/C14H18BrFN2O/c1-18(9-10-4-6-17-7-5-10)14(19)12-8-11(16)2-3-13(12)15/h2-3,8,10,17H,4-7,9H2,1H3. The molecule has 1 aromatic rings. The molecular formula is C14H18BrFN2O. The molecular weight excluding hydrogens is 311 g/mol. The summed E-state index contributed by atoms with van der Waals surface area (Å²) in [6, 6.07) is 4.19. The lowest BCUT2D eigenvalue weighted by Crippen LogP contribution is -2.37. The van der Waals surface area contributed by atoms with Crippen LogP contribution in [0.15, 0.2) is 22.7 Å². The number of carbonyl (C=O) groups is 1. The van der Waals surface area contributed by atoms with Crippen molar-refractivity contribution >= 4 is 21.8 Å². The van der Waals surface area contributed by atoms with Crippen LogP contribution in [0.3, 0.4) is 0 Å². The maximum absolute atomic E-state index is 13.2. The first kappa shape index (κ1) is 14.5. The molecule has 19 heavy (non-hydrogen) atoms. The van der Waals surface area contributed by atoms with Crippen LogP contribution in [0, 0.1) is 11.7 Å².